The van der Waals surface area contributed by atoms with Crippen LogP contribution >= 0.6 is 0 Å². The second-order valence-electron chi connectivity index (χ2n) is 2.09. The predicted molar refractivity (Wildman–Crippen MR) is 35.5 cm³/mol. The van der Waals surface area contributed by atoms with E-state index in [1.807, 2.05) is 0 Å². The number of hydrogen-bond donors (Lipinski definition) is 0. The van der Waals surface area contributed by atoms with Gasteiger partial charge in [-0.15, -0.1) is 0 Å². The molecule has 0 aliphatic heterocycles. The average Bonchev–Trinajstić information content (AvgIpc) is 1.88. The molecule has 0 saturated heterocycles. The minimum atomic E-state index is -0.711. The minimum absolute atomic E-state index is 0.204. The van der Waals surface area contributed by atoms with Crippen LogP contribution < -0.4 is 0 Å². The molecule has 3 heteroatoms. The van der Waals surface area contributed by atoms with Crippen LogP contribution in [0.1, 0.15) is 20.3 Å². The largest absolute Gasteiger partial charge is 0.299 e. The van der Waals surface area contributed by atoms with Crippen molar-refractivity contribution in [1.82, 2.24) is 0 Å². The van der Waals surface area contributed by atoms with E-state index in [0.29, 0.717) is 6.42 Å². The van der Waals surface area contributed by atoms with E-state index in [1.54, 1.807) is 6.92 Å². The molecule has 0 aromatic heterocycles. The van der Waals surface area contributed by atoms with Gasteiger partial charge in [-0.1, -0.05) is 6.92 Å². The molecule has 1 atom stereocenters. The Morgan fingerprint density at radius 2 is 2.00 bits per heavy atom. The molecule has 56 valence electrons. The van der Waals surface area contributed by atoms with Crippen molar-refractivity contribution in [2.24, 2.45) is 5.92 Å². The SMILES string of the molecule is CCC(C(C)=O)C(=O)C=O. The van der Waals surface area contributed by atoms with Crippen molar-refractivity contribution in [2.45, 2.75) is 20.3 Å². The van der Waals surface area contributed by atoms with E-state index in [9.17, 15) is 14.4 Å². The lowest BCUT2D eigenvalue weighted by Gasteiger charge is -2.02. The third-order valence-corrected chi connectivity index (χ3v) is 1.36. The summed E-state index contributed by atoms with van der Waals surface area (Å²) in [5, 5.41) is 0. The number of rotatable bonds is 4. The molecule has 0 rings (SSSR count). The summed E-state index contributed by atoms with van der Waals surface area (Å²) in [6.45, 7) is 3.02. The van der Waals surface area contributed by atoms with Crippen LogP contribution in [0.3, 0.4) is 0 Å². The molecule has 1 unspecified atom stereocenters. The third kappa shape index (κ3) is 2.09. The second kappa shape index (κ2) is 3.93. The monoisotopic (exact) mass is 142 g/mol. The van der Waals surface area contributed by atoms with Gasteiger partial charge in [-0.3, -0.25) is 14.4 Å². The molecule has 0 saturated carbocycles. The van der Waals surface area contributed by atoms with Crippen LogP contribution in [-0.4, -0.2) is 17.9 Å². The van der Waals surface area contributed by atoms with Gasteiger partial charge in [0, 0.05) is 0 Å². The van der Waals surface area contributed by atoms with Crippen molar-refractivity contribution in [3.8, 4) is 0 Å². The second-order valence-corrected chi connectivity index (χ2v) is 2.09. The molecule has 0 radical (unpaired) electrons. The van der Waals surface area contributed by atoms with E-state index in [0.717, 1.165) is 0 Å². The van der Waals surface area contributed by atoms with E-state index in [4.69, 9.17) is 0 Å². The highest BCUT2D eigenvalue weighted by atomic mass is 16.2. The van der Waals surface area contributed by atoms with Crippen LogP contribution in [0, 0.1) is 5.92 Å². The topological polar surface area (TPSA) is 51.2 Å². The van der Waals surface area contributed by atoms with Gasteiger partial charge < -0.3 is 0 Å². The Morgan fingerprint density at radius 3 is 2.10 bits per heavy atom. The molecule has 3 nitrogen and oxygen atoms in total. The first kappa shape index (κ1) is 9.01. The Balaban J connectivity index is 4.20. The molecule has 0 bridgehead atoms. The quantitative estimate of drug-likeness (QED) is 0.323. The first-order valence-electron chi connectivity index (χ1n) is 3.13. The smallest absolute Gasteiger partial charge is 0.205 e. The van der Waals surface area contributed by atoms with Crippen LogP contribution in [0.25, 0.3) is 0 Å². The standard InChI is InChI=1S/C7H10O3/c1-3-6(5(2)9)7(10)4-8/h4,6H,3H2,1-2H3. The van der Waals surface area contributed by atoms with Crippen LogP contribution in [0.5, 0.6) is 0 Å². The van der Waals surface area contributed by atoms with E-state index in [2.05, 4.69) is 0 Å². The van der Waals surface area contributed by atoms with E-state index in [1.165, 1.54) is 6.92 Å². The average molecular weight is 142 g/mol. The highest BCUT2D eigenvalue weighted by Gasteiger charge is 2.19. The summed E-state index contributed by atoms with van der Waals surface area (Å²) in [5.74, 6) is -1.56. The van der Waals surface area contributed by atoms with Crippen LogP contribution in [0.2, 0.25) is 0 Å². The third-order valence-electron chi connectivity index (χ3n) is 1.36. The first-order valence-corrected chi connectivity index (χ1v) is 3.13. The van der Waals surface area contributed by atoms with Crippen LogP contribution in [-0.2, 0) is 14.4 Å². The van der Waals surface area contributed by atoms with Gasteiger partial charge in [0.25, 0.3) is 0 Å². The molecule has 0 spiro atoms. The zero-order valence-electron chi connectivity index (χ0n) is 6.09. The van der Waals surface area contributed by atoms with E-state index < -0.39 is 11.7 Å². The maximum Gasteiger partial charge on any atom is 0.205 e. The molecular weight excluding hydrogens is 132 g/mol. The van der Waals surface area contributed by atoms with Gasteiger partial charge in [0.1, 0.15) is 5.78 Å². The highest BCUT2D eigenvalue weighted by molar-refractivity contribution is 6.30. The molecule has 10 heavy (non-hydrogen) atoms. The van der Waals surface area contributed by atoms with Crippen molar-refractivity contribution in [1.29, 1.82) is 0 Å². The van der Waals surface area contributed by atoms with E-state index in [-0.39, 0.29) is 12.1 Å². The van der Waals surface area contributed by atoms with Crippen LogP contribution in [0.15, 0.2) is 0 Å². The molecule has 0 fully saturated rings. The zero-order valence-corrected chi connectivity index (χ0v) is 6.09. The summed E-state index contributed by atoms with van der Waals surface area (Å²) in [6, 6.07) is 0. The molecule has 0 aromatic carbocycles. The molecule has 0 N–H and O–H groups in total. The van der Waals surface area contributed by atoms with E-state index >= 15 is 0 Å². The van der Waals surface area contributed by atoms with Crippen LogP contribution in [0.4, 0.5) is 0 Å². The molecule has 0 aliphatic carbocycles. The fraction of sp³-hybridized carbons (Fsp3) is 0.571. The van der Waals surface area contributed by atoms with Gasteiger partial charge in [0.15, 0.2) is 6.29 Å². The molecule has 0 aromatic rings. The Hall–Kier alpha value is -0.990. The van der Waals surface area contributed by atoms with Gasteiger partial charge in [0.05, 0.1) is 5.92 Å². The predicted octanol–water partition coefficient (Wildman–Crippen LogP) is 0.370. The Kier molecular flexibility index (Phi) is 3.54. The first-order chi connectivity index (χ1) is 4.63. The summed E-state index contributed by atoms with van der Waals surface area (Å²) in [4.78, 5) is 31.1. The van der Waals surface area contributed by atoms with Gasteiger partial charge in [0.2, 0.25) is 5.78 Å². The molecular formula is C7H10O3. The molecule has 0 aliphatic rings. The zero-order chi connectivity index (χ0) is 8.15. The lowest BCUT2D eigenvalue weighted by molar-refractivity contribution is -0.137. The normalized spacial score (nSPS) is 12.2. The van der Waals surface area contributed by atoms with Gasteiger partial charge in [-0.2, -0.15) is 0 Å². The number of aldehydes is 1. The summed E-state index contributed by atoms with van der Waals surface area (Å²) in [7, 11) is 0. The Morgan fingerprint density at radius 1 is 1.50 bits per heavy atom. The van der Waals surface area contributed by atoms with Crippen molar-refractivity contribution in [3.63, 3.8) is 0 Å². The van der Waals surface area contributed by atoms with Crippen molar-refractivity contribution >= 4 is 17.9 Å². The number of ketones is 2. The summed E-state index contributed by atoms with van der Waals surface area (Å²) in [5.41, 5.74) is 0. The maximum absolute atomic E-state index is 10.6. The Labute approximate surface area is 59.4 Å². The lowest BCUT2D eigenvalue weighted by atomic mass is 9.98. The van der Waals surface area contributed by atoms with Gasteiger partial charge in [-0.25, -0.2) is 0 Å². The van der Waals surface area contributed by atoms with Gasteiger partial charge >= 0.3 is 0 Å². The Bertz CT molecular complexity index is 160. The summed E-state index contributed by atoms with van der Waals surface area (Å²) in [6.07, 6.45) is 0.614. The highest BCUT2D eigenvalue weighted by Crippen LogP contribution is 2.03. The number of hydrogen-bond acceptors (Lipinski definition) is 3. The fourth-order valence-corrected chi connectivity index (χ4v) is 0.771. The fourth-order valence-electron chi connectivity index (χ4n) is 0.771. The lowest BCUT2D eigenvalue weighted by Crippen LogP contribution is -2.21. The summed E-state index contributed by atoms with van der Waals surface area (Å²) < 4.78 is 0. The van der Waals surface area contributed by atoms with Crippen molar-refractivity contribution < 1.29 is 14.4 Å². The van der Waals surface area contributed by atoms with Gasteiger partial charge in [-0.05, 0) is 13.3 Å². The maximum atomic E-state index is 10.6. The minimum Gasteiger partial charge on any atom is -0.299 e. The number of Topliss-reactive ketones (excluding diaryl/α,β-unsaturated/α-hetero) is 2. The van der Waals surface area contributed by atoms with Crippen molar-refractivity contribution in [2.75, 3.05) is 0 Å². The molecule has 0 amide bonds. The molecule has 0 heterocycles. The number of carbonyl (C=O) groups excluding carboxylic acids is 3. The number of carbonyl (C=O) groups is 3. The van der Waals surface area contributed by atoms with Crippen molar-refractivity contribution in [3.05, 3.63) is 0 Å². The summed E-state index contributed by atoms with van der Waals surface area (Å²) >= 11 is 0.